The van der Waals surface area contributed by atoms with Crippen LogP contribution in [-0.2, 0) is 10.2 Å². The molecule has 4 aromatic rings. The number of aromatic nitrogens is 3. The molecular weight excluding hydrogens is 472 g/mol. The molecular formula is C29H29ClN4O2. The summed E-state index contributed by atoms with van der Waals surface area (Å²) in [5.74, 6) is 0. The van der Waals surface area contributed by atoms with E-state index < -0.39 is 5.60 Å². The van der Waals surface area contributed by atoms with E-state index in [1.165, 1.54) is 5.56 Å². The predicted molar refractivity (Wildman–Crippen MR) is 143 cm³/mol. The molecule has 1 fully saturated rings. The molecule has 184 valence electrons. The first-order valence-corrected chi connectivity index (χ1v) is 12.6. The third-order valence-electron chi connectivity index (χ3n) is 6.59. The molecule has 0 bridgehead atoms. The summed E-state index contributed by atoms with van der Waals surface area (Å²) in [6.07, 6.45) is 2.82. The number of nitrogens with one attached hydrogen (secondary N) is 1. The van der Waals surface area contributed by atoms with Crippen LogP contribution in [0.1, 0.15) is 45.6 Å². The molecule has 0 unspecified atom stereocenters. The zero-order valence-corrected chi connectivity index (χ0v) is 21.5. The summed E-state index contributed by atoms with van der Waals surface area (Å²) in [7, 11) is 0. The number of carbonyl (C=O) groups is 1. The number of amides is 1. The quantitative estimate of drug-likeness (QED) is 0.300. The Morgan fingerprint density at radius 1 is 0.917 bits per heavy atom. The number of halogens is 1. The van der Waals surface area contributed by atoms with Crippen molar-refractivity contribution < 1.29 is 9.53 Å². The molecule has 1 aliphatic carbocycles. The Kier molecular flexibility index (Phi) is 6.39. The number of carbonyl (C=O) groups excluding carboxylic acids is 1. The van der Waals surface area contributed by atoms with Gasteiger partial charge >= 0.3 is 6.09 Å². The molecule has 2 aromatic heterocycles. The molecule has 6 nitrogen and oxygen atoms in total. The van der Waals surface area contributed by atoms with Gasteiger partial charge in [0, 0.05) is 23.1 Å². The molecule has 7 heteroatoms. The number of nitrogens with zero attached hydrogens (tertiary/aromatic N) is 3. The zero-order valence-electron chi connectivity index (χ0n) is 20.7. The Hall–Kier alpha value is -3.51. The fourth-order valence-corrected chi connectivity index (χ4v) is 4.77. The molecule has 0 atom stereocenters. The highest BCUT2D eigenvalue weighted by Gasteiger charge is 2.39. The van der Waals surface area contributed by atoms with Gasteiger partial charge in [-0.3, -0.25) is 0 Å². The van der Waals surface area contributed by atoms with Crippen molar-refractivity contribution in [1.29, 1.82) is 0 Å². The molecule has 1 saturated carbocycles. The van der Waals surface area contributed by atoms with Crippen LogP contribution in [0.15, 0.2) is 66.7 Å². The number of hydrogen-bond donors (Lipinski definition) is 1. The summed E-state index contributed by atoms with van der Waals surface area (Å²) in [6.45, 7) is 6.16. The SMILES string of the molecule is CC(C)(C)OC(=O)NCC1(c2ccc(-c3nc4ccc(Cl)nc4nc3-c3ccccc3)cc2)CCC1. The Labute approximate surface area is 216 Å². The third kappa shape index (κ3) is 5.05. The number of rotatable bonds is 5. The van der Waals surface area contributed by atoms with E-state index in [-0.39, 0.29) is 11.5 Å². The highest BCUT2D eigenvalue weighted by molar-refractivity contribution is 6.29. The minimum Gasteiger partial charge on any atom is -0.444 e. The Balaban J connectivity index is 1.47. The van der Waals surface area contributed by atoms with Crippen molar-refractivity contribution in [1.82, 2.24) is 20.3 Å². The summed E-state index contributed by atoms with van der Waals surface area (Å²) in [5.41, 5.74) is 5.30. The Bertz CT molecular complexity index is 1390. The van der Waals surface area contributed by atoms with Crippen LogP contribution in [-0.4, -0.2) is 33.2 Å². The number of fused-ring (bicyclic) bond motifs is 1. The molecule has 1 N–H and O–H groups in total. The van der Waals surface area contributed by atoms with E-state index in [9.17, 15) is 4.79 Å². The number of alkyl carbamates (subject to hydrolysis) is 1. The third-order valence-corrected chi connectivity index (χ3v) is 6.80. The first-order chi connectivity index (χ1) is 17.2. The highest BCUT2D eigenvalue weighted by Crippen LogP contribution is 2.44. The minimum atomic E-state index is -0.517. The first kappa shape index (κ1) is 24.2. The minimum absolute atomic E-state index is 0.0760. The maximum Gasteiger partial charge on any atom is 0.407 e. The first-order valence-electron chi connectivity index (χ1n) is 12.2. The Morgan fingerprint density at radius 2 is 1.58 bits per heavy atom. The summed E-state index contributed by atoms with van der Waals surface area (Å²) in [5, 5.41) is 3.37. The van der Waals surface area contributed by atoms with Crippen molar-refractivity contribution in [2.24, 2.45) is 0 Å². The molecule has 0 aliphatic heterocycles. The molecule has 36 heavy (non-hydrogen) atoms. The van der Waals surface area contributed by atoms with Gasteiger partial charge < -0.3 is 10.1 Å². The van der Waals surface area contributed by atoms with Gasteiger partial charge in [-0.25, -0.2) is 19.7 Å². The second kappa shape index (κ2) is 9.51. The number of ether oxygens (including phenoxy) is 1. The van der Waals surface area contributed by atoms with Crippen LogP contribution in [0.25, 0.3) is 33.7 Å². The molecule has 2 aromatic carbocycles. The summed E-state index contributed by atoms with van der Waals surface area (Å²) in [6, 6.07) is 22.0. The molecule has 5 rings (SSSR count). The van der Waals surface area contributed by atoms with Gasteiger partial charge in [-0.15, -0.1) is 0 Å². The van der Waals surface area contributed by atoms with Crippen molar-refractivity contribution in [3.05, 3.63) is 77.4 Å². The van der Waals surface area contributed by atoms with Gasteiger partial charge in [-0.1, -0.05) is 72.6 Å². The summed E-state index contributed by atoms with van der Waals surface area (Å²) < 4.78 is 5.43. The lowest BCUT2D eigenvalue weighted by Gasteiger charge is -2.42. The van der Waals surface area contributed by atoms with Crippen LogP contribution in [0.5, 0.6) is 0 Å². The van der Waals surface area contributed by atoms with E-state index in [1.807, 2.05) is 57.2 Å². The lowest BCUT2D eigenvalue weighted by atomic mass is 9.64. The van der Waals surface area contributed by atoms with Crippen molar-refractivity contribution in [3.63, 3.8) is 0 Å². The van der Waals surface area contributed by atoms with Crippen molar-refractivity contribution in [2.75, 3.05) is 6.54 Å². The predicted octanol–water partition coefficient (Wildman–Crippen LogP) is 6.96. The van der Waals surface area contributed by atoms with E-state index in [1.54, 1.807) is 6.07 Å². The van der Waals surface area contributed by atoms with Gasteiger partial charge in [0.25, 0.3) is 0 Å². The van der Waals surface area contributed by atoms with Crippen molar-refractivity contribution in [3.8, 4) is 22.5 Å². The van der Waals surface area contributed by atoms with E-state index in [0.29, 0.717) is 22.9 Å². The standard InChI is InChI=1S/C29H29ClN4O2/c1-28(2,3)36-27(35)31-18-29(16-7-17-29)21-12-10-20(11-13-21)24-25(19-8-5-4-6-9-19)34-26-22(32-24)14-15-23(30)33-26/h4-6,8-15H,7,16-18H2,1-3H3,(H,31,35). The second-order valence-electron chi connectivity index (χ2n) is 10.3. The monoisotopic (exact) mass is 500 g/mol. The number of pyridine rings is 1. The maximum atomic E-state index is 12.3. The second-order valence-corrected chi connectivity index (χ2v) is 10.7. The number of hydrogen-bond acceptors (Lipinski definition) is 5. The van der Waals surface area contributed by atoms with E-state index >= 15 is 0 Å². The molecule has 1 amide bonds. The van der Waals surface area contributed by atoms with E-state index in [2.05, 4.69) is 34.6 Å². The Morgan fingerprint density at radius 3 is 2.22 bits per heavy atom. The van der Waals surface area contributed by atoms with E-state index in [0.717, 1.165) is 41.8 Å². The fourth-order valence-electron chi connectivity index (χ4n) is 4.63. The number of benzene rings is 2. The molecule has 0 spiro atoms. The van der Waals surface area contributed by atoms with Crippen LogP contribution in [0.2, 0.25) is 5.15 Å². The lowest BCUT2D eigenvalue weighted by molar-refractivity contribution is 0.0499. The van der Waals surface area contributed by atoms with E-state index in [4.69, 9.17) is 26.3 Å². The van der Waals surface area contributed by atoms with Gasteiger partial charge in [0.15, 0.2) is 5.65 Å². The molecule has 1 aliphatic rings. The summed E-state index contributed by atoms with van der Waals surface area (Å²) in [4.78, 5) is 26.4. The van der Waals surface area contributed by atoms with Gasteiger partial charge in [-0.05, 0) is 51.3 Å². The smallest absolute Gasteiger partial charge is 0.407 e. The topological polar surface area (TPSA) is 77.0 Å². The van der Waals surface area contributed by atoms with Gasteiger partial charge in [-0.2, -0.15) is 0 Å². The van der Waals surface area contributed by atoms with Crippen LogP contribution in [0.3, 0.4) is 0 Å². The van der Waals surface area contributed by atoms with Gasteiger partial charge in [0.05, 0.1) is 11.4 Å². The van der Waals surface area contributed by atoms with Gasteiger partial charge in [0.2, 0.25) is 0 Å². The molecule has 0 saturated heterocycles. The lowest BCUT2D eigenvalue weighted by Crippen LogP contribution is -2.46. The molecule has 2 heterocycles. The van der Waals surface area contributed by atoms with Crippen LogP contribution in [0, 0.1) is 0 Å². The van der Waals surface area contributed by atoms with Crippen LogP contribution >= 0.6 is 11.6 Å². The normalized spacial score (nSPS) is 14.8. The maximum absolute atomic E-state index is 12.3. The average molecular weight is 501 g/mol. The van der Waals surface area contributed by atoms with Crippen LogP contribution < -0.4 is 5.32 Å². The van der Waals surface area contributed by atoms with Crippen molar-refractivity contribution >= 4 is 28.9 Å². The average Bonchev–Trinajstić information content (AvgIpc) is 2.82. The zero-order chi connectivity index (χ0) is 25.3. The largest absolute Gasteiger partial charge is 0.444 e. The summed E-state index contributed by atoms with van der Waals surface area (Å²) >= 11 is 6.12. The van der Waals surface area contributed by atoms with Gasteiger partial charge in [0.1, 0.15) is 16.3 Å². The fraction of sp³-hybridized carbons (Fsp3) is 0.310. The van der Waals surface area contributed by atoms with Crippen LogP contribution in [0.4, 0.5) is 4.79 Å². The van der Waals surface area contributed by atoms with Crippen molar-refractivity contribution in [2.45, 2.75) is 51.0 Å². The highest BCUT2D eigenvalue weighted by atomic mass is 35.5. The molecule has 0 radical (unpaired) electrons.